The predicted octanol–water partition coefficient (Wildman–Crippen LogP) is 7.18. The minimum Gasteiger partial charge on any atom is -0.103 e. The average Bonchev–Trinajstić information content (AvgIpc) is 2.63. The Morgan fingerprint density at radius 2 is 1.50 bits per heavy atom. The van der Waals surface area contributed by atoms with Gasteiger partial charge < -0.3 is 0 Å². The van der Waals surface area contributed by atoms with E-state index in [0.29, 0.717) is 11.8 Å². The van der Waals surface area contributed by atoms with Crippen LogP contribution in [0.2, 0.25) is 0 Å². The van der Waals surface area contributed by atoms with E-state index in [0.717, 1.165) is 12.8 Å². The molecule has 0 saturated carbocycles. The van der Waals surface area contributed by atoms with Crippen LogP contribution in [0.25, 0.3) is 0 Å². The Labute approximate surface area is 147 Å². The van der Waals surface area contributed by atoms with Crippen LogP contribution < -0.4 is 0 Å². The first-order valence-corrected chi connectivity index (χ1v) is 9.15. The lowest BCUT2D eigenvalue weighted by Gasteiger charge is -2.16. The van der Waals surface area contributed by atoms with Crippen LogP contribution in [0.4, 0.5) is 0 Å². The van der Waals surface area contributed by atoms with Gasteiger partial charge in [-0.15, -0.1) is 6.58 Å². The van der Waals surface area contributed by atoms with Crippen molar-refractivity contribution < 1.29 is 0 Å². The SMILES string of the molecule is C=CCCCC(C=CC(CC)c1ccc(C)cc1)c1ccccc1. The van der Waals surface area contributed by atoms with E-state index in [9.17, 15) is 0 Å². The molecule has 0 aromatic heterocycles. The molecule has 0 bridgehead atoms. The lowest BCUT2D eigenvalue weighted by atomic mass is 9.89. The lowest BCUT2D eigenvalue weighted by molar-refractivity contribution is 0.679. The number of hydrogen-bond donors (Lipinski definition) is 0. The van der Waals surface area contributed by atoms with E-state index in [1.165, 1.54) is 29.5 Å². The average molecular weight is 319 g/mol. The molecule has 0 nitrogen and oxygen atoms in total. The fourth-order valence-electron chi connectivity index (χ4n) is 3.12. The molecule has 0 aliphatic rings. The summed E-state index contributed by atoms with van der Waals surface area (Å²) in [4.78, 5) is 0. The second-order valence-electron chi connectivity index (χ2n) is 6.55. The Morgan fingerprint density at radius 1 is 0.875 bits per heavy atom. The molecular weight excluding hydrogens is 288 g/mol. The maximum atomic E-state index is 3.85. The first-order valence-electron chi connectivity index (χ1n) is 9.15. The zero-order chi connectivity index (χ0) is 17.2. The standard InChI is InChI=1S/C24H30/c1-4-6-8-11-23(22-12-9-7-10-13-22)19-18-21(5-2)24-16-14-20(3)15-17-24/h4,7,9-10,12-19,21,23H,1,5-6,8,11H2,2-3H3. The molecule has 126 valence electrons. The van der Waals surface area contributed by atoms with Gasteiger partial charge >= 0.3 is 0 Å². The molecule has 2 atom stereocenters. The molecule has 0 aliphatic heterocycles. The van der Waals surface area contributed by atoms with Crippen molar-refractivity contribution in [3.05, 3.63) is 96.1 Å². The smallest absolute Gasteiger partial charge is 0.00182 e. The number of rotatable bonds is 9. The Hall–Kier alpha value is -2.08. The van der Waals surface area contributed by atoms with Gasteiger partial charge in [0.1, 0.15) is 0 Å². The van der Waals surface area contributed by atoms with Crippen molar-refractivity contribution in [3.8, 4) is 0 Å². The summed E-state index contributed by atoms with van der Waals surface area (Å²) in [5, 5.41) is 0. The Balaban J connectivity index is 2.14. The quantitative estimate of drug-likeness (QED) is 0.339. The number of aryl methyl sites for hydroxylation is 1. The van der Waals surface area contributed by atoms with Gasteiger partial charge in [0.15, 0.2) is 0 Å². The number of benzene rings is 2. The maximum absolute atomic E-state index is 3.85. The summed E-state index contributed by atoms with van der Waals surface area (Å²) in [5.74, 6) is 0.988. The Morgan fingerprint density at radius 3 is 2.12 bits per heavy atom. The summed E-state index contributed by atoms with van der Waals surface area (Å²) >= 11 is 0. The van der Waals surface area contributed by atoms with Gasteiger partial charge in [-0.1, -0.05) is 85.3 Å². The summed E-state index contributed by atoms with van der Waals surface area (Å²) in [7, 11) is 0. The van der Waals surface area contributed by atoms with Crippen molar-refractivity contribution in [2.24, 2.45) is 0 Å². The van der Waals surface area contributed by atoms with Crippen LogP contribution in [-0.2, 0) is 0 Å². The van der Waals surface area contributed by atoms with E-state index in [1.807, 2.05) is 6.08 Å². The molecule has 2 unspecified atom stereocenters. The molecule has 0 radical (unpaired) electrons. The molecule has 0 aliphatic carbocycles. The van der Waals surface area contributed by atoms with E-state index < -0.39 is 0 Å². The molecule has 0 heterocycles. The molecule has 2 rings (SSSR count). The third kappa shape index (κ3) is 5.53. The second kappa shape index (κ2) is 9.93. The molecule has 0 fully saturated rings. The van der Waals surface area contributed by atoms with Crippen LogP contribution >= 0.6 is 0 Å². The highest BCUT2D eigenvalue weighted by Gasteiger charge is 2.10. The van der Waals surface area contributed by atoms with Crippen molar-refractivity contribution in [2.45, 2.75) is 51.4 Å². The third-order valence-electron chi connectivity index (χ3n) is 4.67. The summed E-state index contributed by atoms with van der Waals surface area (Å²) in [5.41, 5.74) is 4.15. The van der Waals surface area contributed by atoms with E-state index >= 15 is 0 Å². The normalized spacial score (nSPS) is 13.8. The molecule has 0 amide bonds. The highest BCUT2D eigenvalue weighted by atomic mass is 14.1. The molecule has 0 heteroatoms. The van der Waals surface area contributed by atoms with Gasteiger partial charge in [0, 0.05) is 11.8 Å². The highest BCUT2D eigenvalue weighted by Crippen LogP contribution is 2.27. The summed E-state index contributed by atoms with van der Waals surface area (Å²) in [6.45, 7) is 8.26. The van der Waals surface area contributed by atoms with Gasteiger partial charge in [-0.05, 0) is 43.7 Å². The first kappa shape index (κ1) is 18.3. The van der Waals surface area contributed by atoms with E-state index in [4.69, 9.17) is 0 Å². The monoisotopic (exact) mass is 318 g/mol. The van der Waals surface area contributed by atoms with Crippen LogP contribution in [0.1, 0.15) is 61.1 Å². The minimum atomic E-state index is 0.491. The van der Waals surface area contributed by atoms with Gasteiger partial charge in [-0.3, -0.25) is 0 Å². The highest BCUT2D eigenvalue weighted by molar-refractivity contribution is 5.29. The van der Waals surface area contributed by atoms with Gasteiger partial charge in [0.2, 0.25) is 0 Å². The summed E-state index contributed by atoms with van der Waals surface area (Å²) in [6, 6.07) is 19.8. The lowest BCUT2D eigenvalue weighted by Crippen LogP contribution is -1.98. The van der Waals surface area contributed by atoms with Crippen molar-refractivity contribution in [2.75, 3.05) is 0 Å². The maximum Gasteiger partial charge on any atom is 0.00182 e. The molecule has 0 saturated heterocycles. The van der Waals surface area contributed by atoms with Crippen LogP contribution in [0.15, 0.2) is 79.4 Å². The fraction of sp³-hybridized carbons (Fsp3) is 0.333. The molecule has 0 N–H and O–H groups in total. The van der Waals surface area contributed by atoms with E-state index in [1.54, 1.807) is 0 Å². The molecular formula is C24H30. The third-order valence-corrected chi connectivity index (χ3v) is 4.67. The van der Waals surface area contributed by atoms with E-state index in [2.05, 4.69) is 87.2 Å². The summed E-state index contributed by atoms with van der Waals surface area (Å²) < 4.78 is 0. The number of allylic oxidation sites excluding steroid dienone is 3. The van der Waals surface area contributed by atoms with Gasteiger partial charge in [0.25, 0.3) is 0 Å². The largest absolute Gasteiger partial charge is 0.103 e. The van der Waals surface area contributed by atoms with Gasteiger partial charge in [-0.25, -0.2) is 0 Å². The zero-order valence-corrected chi connectivity index (χ0v) is 15.1. The second-order valence-corrected chi connectivity index (χ2v) is 6.55. The first-order chi connectivity index (χ1) is 11.7. The van der Waals surface area contributed by atoms with Gasteiger partial charge in [0.05, 0.1) is 0 Å². The molecule has 2 aromatic rings. The number of unbranched alkanes of at least 4 members (excludes halogenated alkanes) is 1. The topological polar surface area (TPSA) is 0 Å². The van der Waals surface area contributed by atoms with Crippen molar-refractivity contribution in [3.63, 3.8) is 0 Å². The van der Waals surface area contributed by atoms with Crippen LogP contribution in [0.5, 0.6) is 0 Å². The Kier molecular flexibility index (Phi) is 7.55. The number of hydrogen-bond acceptors (Lipinski definition) is 0. The molecule has 2 aromatic carbocycles. The minimum absolute atomic E-state index is 0.491. The zero-order valence-electron chi connectivity index (χ0n) is 15.1. The summed E-state index contributed by atoms with van der Waals surface area (Å²) in [6.07, 6.45) is 11.4. The predicted molar refractivity (Wildman–Crippen MR) is 107 cm³/mol. The Bertz CT molecular complexity index is 619. The fourth-order valence-corrected chi connectivity index (χ4v) is 3.12. The van der Waals surface area contributed by atoms with Crippen LogP contribution in [-0.4, -0.2) is 0 Å². The van der Waals surface area contributed by atoms with Crippen LogP contribution in [0, 0.1) is 6.92 Å². The van der Waals surface area contributed by atoms with E-state index in [-0.39, 0.29) is 0 Å². The van der Waals surface area contributed by atoms with Crippen molar-refractivity contribution in [1.29, 1.82) is 0 Å². The molecule has 0 spiro atoms. The van der Waals surface area contributed by atoms with Crippen molar-refractivity contribution >= 4 is 0 Å². The van der Waals surface area contributed by atoms with Crippen LogP contribution in [0.3, 0.4) is 0 Å². The molecule has 24 heavy (non-hydrogen) atoms. The van der Waals surface area contributed by atoms with Gasteiger partial charge in [-0.2, -0.15) is 0 Å². The van der Waals surface area contributed by atoms with Crippen molar-refractivity contribution in [1.82, 2.24) is 0 Å².